The Morgan fingerprint density at radius 2 is 2.12 bits per heavy atom. The summed E-state index contributed by atoms with van der Waals surface area (Å²) in [6.45, 7) is -1.47. The fourth-order valence-electron chi connectivity index (χ4n) is 1.95. The Bertz CT molecular complexity index is 802. The van der Waals surface area contributed by atoms with Gasteiger partial charge in [0.05, 0.1) is 28.7 Å². The second-order valence-corrected chi connectivity index (χ2v) is 4.72. The monoisotopic (exact) mass is 340 g/mol. The van der Waals surface area contributed by atoms with Crippen molar-refractivity contribution in [2.75, 3.05) is 25.1 Å². The number of nitriles is 1. The first-order valence-corrected chi connectivity index (χ1v) is 6.68. The molecule has 2 aromatic rings. The van der Waals surface area contributed by atoms with E-state index in [0.29, 0.717) is 10.9 Å². The Labute approximate surface area is 133 Å². The first-order chi connectivity index (χ1) is 11.3. The van der Waals surface area contributed by atoms with Crippen molar-refractivity contribution >= 4 is 22.4 Å². The standard InChI is InChI=1S/C14H11F3N4O3/c15-14(16,17)8-24-4-3-19-13-5-9(7-18)11-6-10(21(22)23)1-2-12(11)20-13/h1-2,5-6H,3-4,8H2,(H,19,20). The minimum Gasteiger partial charge on any atom is -0.370 e. The lowest BCUT2D eigenvalue weighted by atomic mass is 10.1. The van der Waals surface area contributed by atoms with E-state index in [1.807, 2.05) is 6.07 Å². The molecule has 1 heterocycles. The summed E-state index contributed by atoms with van der Waals surface area (Å²) < 4.78 is 40.2. The van der Waals surface area contributed by atoms with Crippen LogP contribution in [-0.2, 0) is 4.74 Å². The summed E-state index contributed by atoms with van der Waals surface area (Å²) in [4.78, 5) is 14.4. The number of nitro benzene ring substituents is 1. The van der Waals surface area contributed by atoms with E-state index in [4.69, 9.17) is 5.26 Å². The first-order valence-electron chi connectivity index (χ1n) is 6.68. The van der Waals surface area contributed by atoms with Crippen molar-refractivity contribution in [1.82, 2.24) is 4.98 Å². The molecular formula is C14H11F3N4O3. The topological polar surface area (TPSA) is 101 Å². The molecule has 0 aliphatic heterocycles. The van der Waals surface area contributed by atoms with Gasteiger partial charge >= 0.3 is 6.18 Å². The number of nitrogens with zero attached hydrogens (tertiary/aromatic N) is 3. The van der Waals surface area contributed by atoms with Crippen molar-refractivity contribution in [3.8, 4) is 6.07 Å². The van der Waals surface area contributed by atoms with E-state index in [1.165, 1.54) is 24.3 Å². The van der Waals surface area contributed by atoms with Gasteiger partial charge < -0.3 is 10.1 Å². The summed E-state index contributed by atoms with van der Waals surface area (Å²) in [5.41, 5.74) is 0.364. The summed E-state index contributed by atoms with van der Waals surface area (Å²) in [6, 6.07) is 7.19. The lowest BCUT2D eigenvalue weighted by molar-refractivity contribution is -0.384. The molecule has 126 valence electrons. The van der Waals surface area contributed by atoms with Crippen LogP contribution in [0.3, 0.4) is 0 Å². The van der Waals surface area contributed by atoms with E-state index in [2.05, 4.69) is 15.0 Å². The third-order valence-corrected chi connectivity index (χ3v) is 2.94. The average molecular weight is 340 g/mol. The molecule has 0 atom stereocenters. The maximum Gasteiger partial charge on any atom is 0.411 e. The summed E-state index contributed by atoms with van der Waals surface area (Å²) in [6.07, 6.45) is -4.39. The summed E-state index contributed by atoms with van der Waals surface area (Å²) >= 11 is 0. The summed E-state index contributed by atoms with van der Waals surface area (Å²) in [5, 5.41) is 23.0. The predicted octanol–water partition coefficient (Wildman–Crippen LogP) is 3.01. The number of ether oxygens (including phenoxy) is 1. The van der Waals surface area contributed by atoms with Crippen LogP contribution >= 0.6 is 0 Å². The zero-order chi connectivity index (χ0) is 17.7. The number of non-ortho nitro benzene ring substituents is 1. The van der Waals surface area contributed by atoms with Crippen molar-refractivity contribution < 1.29 is 22.8 Å². The molecule has 1 aromatic heterocycles. The van der Waals surface area contributed by atoms with Gasteiger partial charge in [-0.15, -0.1) is 0 Å². The van der Waals surface area contributed by atoms with Gasteiger partial charge in [-0.05, 0) is 12.1 Å². The molecule has 0 aliphatic carbocycles. The SMILES string of the molecule is N#Cc1cc(NCCOCC(F)(F)F)nc2ccc([N+](=O)[O-])cc12. The van der Waals surface area contributed by atoms with Crippen LogP contribution in [0.2, 0.25) is 0 Å². The number of halogens is 3. The lowest BCUT2D eigenvalue weighted by Crippen LogP contribution is -2.20. The van der Waals surface area contributed by atoms with Gasteiger partial charge in [0, 0.05) is 24.1 Å². The van der Waals surface area contributed by atoms with Crippen molar-refractivity contribution in [3.63, 3.8) is 0 Å². The second kappa shape index (κ2) is 7.10. The highest BCUT2D eigenvalue weighted by Crippen LogP contribution is 2.24. The Balaban J connectivity index is 2.11. The third-order valence-electron chi connectivity index (χ3n) is 2.94. The fourth-order valence-corrected chi connectivity index (χ4v) is 1.95. The van der Waals surface area contributed by atoms with Crippen LogP contribution in [0, 0.1) is 21.4 Å². The number of pyridine rings is 1. The van der Waals surface area contributed by atoms with Gasteiger partial charge in [0.1, 0.15) is 12.4 Å². The highest BCUT2D eigenvalue weighted by Gasteiger charge is 2.27. The number of alkyl halides is 3. The van der Waals surface area contributed by atoms with Crippen LogP contribution in [0.25, 0.3) is 10.9 Å². The van der Waals surface area contributed by atoms with Crippen LogP contribution in [0.1, 0.15) is 5.56 Å². The van der Waals surface area contributed by atoms with Crippen LogP contribution < -0.4 is 5.32 Å². The largest absolute Gasteiger partial charge is 0.411 e. The highest BCUT2D eigenvalue weighted by molar-refractivity contribution is 5.88. The fraction of sp³-hybridized carbons (Fsp3) is 0.286. The number of anilines is 1. The molecule has 24 heavy (non-hydrogen) atoms. The van der Waals surface area contributed by atoms with Gasteiger partial charge in [-0.25, -0.2) is 4.98 Å². The minimum absolute atomic E-state index is 0.0619. The van der Waals surface area contributed by atoms with Gasteiger partial charge in [0.2, 0.25) is 0 Å². The van der Waals surface area contributed by atoms with Crippen molar-refractivity contribution in [1.29, 1.82) is 5.26 Å². The molecule has 7 nitrogen and oxygen atoms in total. The number of aromatic nitrogens is 1. The molecule has 0 aliphatic rings. The average Bonchev–Trinajstić information content (AvgIpc) is 2.52. The maximum absolute atomic E-state index is 11.9. The van der Waals surface area contributed by atoms with E-state index in [1.54, 1.807) is 0 Å². The minimum atomic E-state index is -4.39. The van der Waals surface area contributed by atoms with Crippen LogP contribution in [-0.4, -0.2) is 35.8 Å². The number of rotatable bonds is 6. The van der Waals surface area contributed by atoms with E-state index >= 15 is 0 Å². The lowest BCUT2D eigenvalue weighted by Gasteiger charge is -2.10. The predicted molar refractivity (Wildman–Crippen MR) is 78.5 cm³/mol. The molecule has 0 saturated carbocycles. The molecular weight excluding hydrogens is 329 g/mol. The molecule has 0 amide bonds. The van der Waals surface area contributed by atoms with Crippen LogP contribution in [0.15, 0.2) is 24.3 Å². The van der Waals surface area contributed by atoms with Gasteiger partial charge in [-0.3, -0.25) is 10.1 Å². The van der Waals surface area contributed by atoms with Crippen molar-refractivity contribution in [2.45, 2.75) is 6.18 Å². The molecule has 0 bridgehead atoms. The van der Waals surface area contributed by atoms with Gasteiger partial charge in [-0.1, -0.05) is 0 Å². The van der Waals surface area contributed by atoms with Gasteiger partial charge in [0.15, 0.2) is 0 Å². The van der Waals surface area contributed by atoms with E-state index in [-0.39, 0.29) is 30.2 Å². The second-order valence-electron chi connectivity index (χ2n) is 4.72. The Hall–Kier alpha value is -2.93. The highest BCUT2D eigenvalue weighted by atomic mass is 19.4. The van der Waals surface area contributed by atoms with Gasteiger partial charge in [-0.2, -0.15) is 18.4 Å². The molecule has 0 saturated heterocycles. The number of fused-ring (bicyclic) bond motifs is 1. The summed E-state index contributed by atoms with van der Waals surface area (Å²) in [5.74, 6) is 0.267. The third kappa shape index (κ3) is 4.53. The van der Waals surface area contributed by atoms with E-state index in [9.17, 15) is 23.3 Å². The maximum atomic E-state index is 11.9. The quantitative estimate of drug-likeness (QED) is 0.493. The van der Waals surface area contributed by atoms with Crippen LogP contribution in [0.5, 0.6) is 0 Å². The zero-order valence-electron chi connectivity index (χ0n) is 12.1. The molecule has 0 radical (unpaired) electrons. The number of nitrogens with one attached hydrogen (secondary N) is 1. The zero-order valence-corrected chi connectivity index (χ0v) is 12.1. The smallest absolute Gasteiger partial charge is 0.370 e. The Morgan fingerprint density at radius 3 is 2.75 bits per heavy atom. The molecule has 10 heteroatoms. The molecule has 0 unspecified atom stereocenters. The van der Waals surface area contributed by atoms with Gasteiger partial charge in [0.25, 0.3) is 5.69 Å². The molecule has 1 N–H and O–H groups in total. The van der Waals surface area contributed by atoms with Crippen molar-refractivity contribution in [2.24, 2.45) is 0 Å². The van der Waals surface area contributed by atoms with E-state index < -0.39 is 17.7 Å². The first kappa shape index (κ1) is 17.4. The Kier molecular flexibility index (Phi) is 5.15. The number of hydrogen-bond donors (Lipinski definition) is 1. The summed E-state index contributed by atoms with van der Waals surface area (Å²) in [7, 11) is 0. The molecule has 1 aromatic carbocycles. The normalized spacial score (nSPS) is 11.2. The Morgan fingerprint density at radius 1 is 1.38 bits per heavy atom. The van der Waals surface area contributed by atoms with E-state index in [0.717, 1.165) is 0 Å². The molecule has 0 spiro atoms. The number of nitro groups is 1. The molecule has 2 rings (SSSR count). The van der Waals surface area contributed by atoms with Crippen LogP contribution in [0.4, 0.5) is 24.7 Å². The molecule has 0 fully saturated rings. The van der Waals surface area contributed by atoms with Crippen molar-refractivity contribution in [3.05, 3.63) is 39.9 Å². The number of benzene rings is 1. The number of hydrogen-bond acceptors (Lipinski definition) is 6.